The van der Waals surface area contributed by atoms with Gasteiger partial charge in [0.25, 0.3) is 0 Å². The number of benzene rings is 2. The molecule has 2 aromatic heterocycles. The van der Waals surface area contributed by atoms with E-state index in [4.69, 9.17) is 9.84 Å². The van der Waals surface area contributed by atoms with Crippen LogP contribution in [0, 0.1) is 0 Å². The van der Waals surface area contributed by atoms with Crippen LogP contribution in [0.15, 0.2) is 55.0 Å². The first-order valence-corrected chi connectivity index (χ1v) is 11.7. The van der Waals surface area contributed by atoms with E-state index in [-0.39, 0.29) is 6.04 Å². The molecule has 1 atom stereocenters. The average Bonchev–Trinajstić information content (AvgIpc) is 3.25. The fraction of sp³-hybridized carbons (Fsp3) is 0.308. The number of nitrogens with zero attached hydrogens (tertiary/aromatic N) is 6. The highest BCUT2D eigenvalue weighted by molar-refractivity contribution is 5.98. The van der Waals surface area contributed by atoms with Gasteiger partial charge in [0, 0.05) is 61.5 Å². The Morgan fingerprint density at radius 2 is 1.94 bits per heavy atom. The number of ether oxygens (including phenoxy) is 1. The SMILES string of the molecule is CCOc1cc2ncnc(-c3cn(C)nc3-c3ccccc3)c2cc1N1CCN(C(=O)O)C[C@@H]1C. The van der Waals surface area contributed by atoms with Crippen molar-refractivity contribution in [3.63, 3.8) is 0 Å². The normalized spacial score (nSPS) is 16.0. The maximum absolute atomic E-state index is 11.5. The highest BCUT2D eigenvalue weighted by atomic mass is 16.5. The minimum absolute atomic E-state index is 0.0112. The van der Waals surface area contributed by atoms with Gasteiger partial charge >= 0.3 is 6.09 Å². The fourth-order valence-corrected chi connectivity index (χ4v) is 4.74. The van der Waals surface area contributed by atoms with Gasteiger partial charge in [-0.25, -0.2) is 14.8 Å². The van der Waals surface area contributed by atoms with Crippen molar-refractivity contribution in [3.05, 3.63) is 55.0 Å². The Hall–Kier alpha value is -4.14. The Bertz CT molecular complexity index is 1370. The zero-order valence-electron chi connectivity index (χ0n) is 20.0. The Morgan fingerprint density at radius 3 is 2.66 bits per heavy atom. The Kier molecular flexibility index (Phi) is 5.98. The molecule has 0 spiro atoms. The molecule has 1 aliphatic rings. The molecule has 1 N–H and O–H groups in total. The summed E-state index contributed by atoms with van der Waals surface area (Å²) in [6.45, 7) is 5.93. The van der Waals surface area contributed by atoms with Crippen LogP contribution in [0.3, 0.4) is 0 Å². The van der Waals surface area contributed by atoms with Crippen molar-refractivity contribution in [2.75, 3.05) is 31.1 Å². The first kappa shape index (κ1) is 22.6. The Morgan fingerprint density at radius 1 is 1.14 bits per heavy atom. The molecule has 0 radical (unpaired) electrons. The van der Waals surface area contributed by atoms with Crippen molar-refractivity contribution in [1.82, 2.24) is 24.6 Å². The molecule has 180 valence electrons. The number of piperazine rings is 1. The van der Waals surface area contributed by atoms with Gasteiger partial charge in [-0.05, 0) is 19.9 Å². The minimum atomic E-state index is -0.888. The van der Waals surface area contributed by atoms with Crippen LogP contribution in [-0.4, -0.2) is 68.1 Å². The van der Waals surface area contributed by atoms with Crippen LogP contribution in [-0.2, 0) is 7.05 Å². The molecule has 9 nitrogen and oxygen atoms in total. The molecule has 35 heavy (non-hydrogen) atoms. The topological polar surface area (TPSA) is 96.6 Å². The van der Waals surface area contributed by atoms with Gasteiger partial charge in [-0.3, -0.25) is 4.68 Å². The van der Waals surface area contributed by atoms with Gasteiger partial charge in [-0.15, -0.1) is 0 Å². The number of rotatable bonds is 5. The monoisotopic (exact) mass is 472 g/mol. The van der Waals surface area contributed by atoms with Gasteiger partial charge < -0.3 is 19.6 Å². The van der Waals surface area contributed by atoms with E-state index in [1.807, 2.05) is 63.5 Å². The van der Waals surface area contributed by atoms with Gasteiger partial charge in [0.2, 0.25) is 0 Å². The van der Waals surface area contributed by atoms with E-state index in [2.05, 4.69) is 20.9 Å². The Balaban J connectivity index is 1.66. The molecule has 0 unspecified atom stereocenters. The summed E-state index contributed by atoms with van der Waals surface area (Å²) in [6, 6.07) is 14.1. The fourth-order valence-electron chi connectivity index (χ4n) is 4.74. The lowest BCUT2D eigenvalue weighted by Gasteiger charge is -2.40. The van der Waals surface area contributed by atoms with Gasteiger partial charge in [-0.2, -0.15) is 5.10 Å². The second-order valence-electron chi connectivity index (χ2n) is 8.69. The van der Waals surface area contributed by atoms with Crippen LogP contribution in [0.5, 0.6) is 5.75 Å². The predicted octanol–water partition coefficient (Wildman–Crippen LogP) is 4.28. The summed E-state index contributed by atoms with van der Waals surface area (Å²) in [6.07, 6.45) is 2.66. The third kappa shape index (κ3) is 4.25. The molecule has 2 aromatic carbocycles. The molecular formula is C26H28N6O3. The maximum atomic E-state index is 11.5. The second-order valence-corrected chi connectivity index (χ2v) is 8.69. The van der Waals surface area contributed by atoms with Gasteiger partial charge in [0.05, 0.1) is 23.5 Å². The van der Waals surface area contributed by atoms with Crippen LogP contribution < -0.4 is 9.64 Å². The van der Waals surface area contributed by atoms with Crippen LogP contribution in [0.2, 0.25) is 0 Å². The van der Waals surface area contributed by atoms with Crippen LogP contribution >= 0.6 is 0 Å². The van der Waals surface area contributed by atoms with E-state index < -0.39 is 6.09 Å². The molecule has 1 aliphatic heterocycles. The quantitative estimate of drug-likeness (QED) is 0.463. The van der Waals surface area contributed by atoms with Crippen LogP contribution in [0.1, 0.15) is 13.8 Å². The van der Waals surface area contributed by atoms with E-state index in [1.54, 1.807) is 11.0 Å². The predicted molar refractivity (Wildman–Crippen MR) is 135 cm³/mol. The number of fused-ring (bicyclic) bond motifs is 1. The Labute approximate surface area is 203 Å². The maximum Gasteiger partial charge on any atom is 0.407 e. The lowest BCUT2D eigenvalue weighted by Crippen LogP contribution is -2.53. The van der Waals surface area contributed by atoms with Crippen molar-refractivity contribution in [3.8, 4) is 28.3 Å². The summed E-state index contributed by atoms with van der Waals surface area (Å²) >= 11 is 0. The van der Waals surface area contributed by atoms with Gasteiger partial charge in [0.15, 0.2) is 0 Å². The number of amides is 1. The van der Waals surface area contributed by atoms with E-state index in [1.165, 1.54) is 4.90 Å². The summed E-state index contributed by atoms with van der Waals surface area (Å²) in [5.41, 5.74) is 5.28. The lowest BCUT2D eigenvalue weighted by molar-refractivity contribution is 0.136. The summed E-state index contributed by atoms with van der Waals surface area (Å²) in [7, 11) is 1.90. The van der Waals surface area contributed by atoms with Crippen LogP contribution in [0.25, 0.3) is 33.4 Å². The van der Waals surface area contributed by atoms with Gasteiger partial charge in [0.1, 0.15) is 17.8 Å². The van der Waals surface area contributed by atoms with Crippen molar-refractivity contribution in [1.29, 1.82) is 0 Å². The zero-order chi connectivity index (χ0) is 24.5. The second kappa shape index (κ2) is 9.25. The van der Waals surface area contributed by atoms with E-state index in [0.29, 0.717) is 26.2 Å². The van der Waals surface area contributed by atoms with E-state index >= 15 is 0 Å². The standard InChI is InChI=1S/C26H28N6O3/c1-4-35-23-13-21-19(12-22(23)32-11-10-31(26(33)34)14-17(32)2)25(28-16-27-21)20-15-30(3)29-24(20)18-8-6-5-7-9-18/h5-9,12-13,15-17H,4,10-11,14H2,1-3H3,(H,33,34)/t17-/m0/s1. The highest BCUT2D eigenvalue weighted by Gasteiger charge is 2.29. The molecule has 0 bridgehead atoms. The van der Waals surface area contributed by atoms with E-state index in [9.17, 15) is 9.90 Å². The molecule has 4 aromatic rings. The first-order chi connectivity index (χ1) is 17.0. The average molecular weight is 473 g/mol. The number of aromatic nitrogens is 4. The molecule has 0 aliphatic carbocycles. The number of carbonyl (C=O) groups is 1. The van der Waals surface area contributed by atoms with E-state index in [0.717, 1.165) is 44.9 Å². The molecule has 3 heterocycles. The number of hydrogen-bond donors (Lipinski definition) is 1. The summed E-state index contributed by atoms with van der Waals surface area (Å²) in [5.74, 6) is 0.731. The number of hydrogen-bond acceptors (Lipinski definition) is 6. The number of carboxylic acid groups (broad SMARTS) is 1. The van der Waals surface area contributed by atoms with Gasteiger partial charge in [-0.1, -0.05) is 30.3 Å². The minimum Gasteiger partial charge on any atom is -0.492 e. The molecule has 1 fully saturated rings. The largest absolute Gasteiger partial charge is 0.492 e. The summed E-state index contributed by atoms with van der Waals surface area (Å²) in [5, 5.41) is 15.0. The van der Waals surface area contributed by atoms with Crippen LogP contribution in [0.4, 0.5) is 10.5 Å². The van der Waals surface area contributed by atoms with Crippen molar-refractivity contribution >= 4 is 22.7 Å². The zero-order valence-corrected chi connectivity index (χ0v) is 20.0. The highest BCUT2D eigenvalue weighted by Crippen LogP contribution is 2.39. The van der Waals surface area contributed by atoms with Crippen molar-refractivity contribution in [2.24, 2.45) is 7.05 Å². The van der Waals surface area contributed by atoms with Crippen molar-refractivity contribution < 1.29 is 14.6 Å². The number of aryl methyl sites for hydroxylation is 1. The molecule has 1 amide bonds. The van der Waals surface area contributed by atoms with Crippen molar-refractivity contribution in [2.45, 2.75) is 19.9 Å². The lowest BCUT2D eigenvalue weighted by atomic mass is 10.0. The smallest absolute Gasteiger partial charge is 0.407 e. The third-order valence-electron chi connectivity index (χ3n) is 6.35. The molecule has 1 saturated heterocycles. The first-order valence-electron chi connectivity index (χ1n) is 11.7. The summed E-state index contributed by atoms with van der Waals surface area (Å²) in [4.78, 5) is 24.4. The molecule has 9 heteroatoms. The third-order valence-corrected chi connectivity index (χ3v) is 6.35. The molecule has 5 rings (SSSR count). The molecular weight excluding hydrogens is 444 g/mol. The number of anilines is 1. The summed E-state index contributed by atoms with van der Waals surface area (Å²) < 4.78 is 7.82. The molecule has 0 saturated carbocycles.